The molecule has 6 nitrogen and oxygen atoms in total. The van der Waals surface area contributed by atoms with Crippen molar-refractivity contribution < 1.29 is 19.1 Å². The summed E-state index contributed by atoms with van der Waals surface area (Å²) in [7, 11) is 0. The number of hydrogen-bond donors (Lipinski definition) is 0. The number of amides is 2. The molecular weight excluding hydrogens is 376 g/mol. The summed E-state index contributed by atoms with van der Waals surface area (Å²) >= 11 is 1.63. The highest BCUT2D eigenvalue weighted by Gasteiger charge is 2.57. The zero-order valence-corrected chi connectivity index (χ0v) is 17.0. The molecule has 0 bridgehead atoms. The molecule has 150 valence electrons. The van der Waals surface area contributed by atoms with Gasteiger partial charge in [0.15, 0.2) is 6.61 Å². The van der Waals surface area contributed by atoms with E-state index in [0.717, 1.165) is 31.5 Å². The summed E-state index contributed by atoms with van der Waals surface area (Å²) in [6.45, 7) is 3.33. The van der Waals surface area contributed by atoms with Crippen molar-refractivity contribution in [3.05, 3.63) is 35.9 Å². The van der Waals surface area contributed by atoms with Crippen LogP contribution in [0.3, 0.4) is 0 Å². The van der Waals surface area contributed by atoms with Crippen molar-refractivity contribution in [1.82, 2.24) is 9.80 Å². The molecule has 3 saturated heterocycles. The maximum absolute atomic E-state index is 12.8. The molecule has 3 fully saturated rings. The molecule has 0 saturated carbocycles. The molecule has 28 heavy (non-hydrogen) atoms. The Morgan fingerprint density at radius 1 is 1.29 bits per heavy atom. The highest BCUT2D eigenvalue weighted by molar-refractivity contribution is 8.00. The Morgan fingerprint density at radius 2 is 2.07 bits per heavy atom. The van der Waals surface area contributed by atoms with E-state index in [2.05, 4.69) is 6.92 Å². The number of fused-ring (bicyclic) bond motifs is 1. The van der Waals surface area contributed by atoms with Gasteiger partial charge in [-0.05, 0) is 30.7 Å². The minimum Gasteiger partial charge on any atom is -0.454 e. The van der Waals surface area contributed by atoms with Gasteiger partial charge in [-0.25, -0.2) is 4.79 Å². The quantitative estimate of drug-likeness (QED) is 0.724. The third-order valence-electron chi connectivity index (χ3n) is 5.97. The second-order valence-corrected chi connectivity index (χ2v) is 9.23. The average Bonchev–Trinajstić information content (AvgIpc) is 3.26. The van der Waals surface area contributed by atoms with E-state index >= 15 is 0 Å². The fourth-order valence-electron chi connectivity index (χ4n) is 4.55. The van der Waals surface area contributed by atoms with Gasteiger partial charge in [0, 0.05) is 25.3 Å². The van der Waals surface area contributed by atoms with Crippen LogP contribution < -0.4 is 0 Å². The lowest BCUT2D eigenvalue weighted by molar-refractivity contribution is -0.159. The van der Waals surface area contributed by atoms with Crippen LogP contribution in [0, 0.1) is 5.92 Å². The average molecular weight is 403 g/mol. The Hall–Kier alpha value is -2.02. The molecule has 3 heterocycles. The maximum Gasteiger partial charge on any atom is 0.330 e. The van der Waals surface area contributed by atoms with Crippen LogP contribution in [0.5, 0.6) is 0 Å². The SMILES string of the molecule is C[C@H]1CCCN(C(=O)COC(=O)[C@H]2CS[C@@]3(c4ccccc4)CCC(=O)N23)C1. The Labute approximate surface area is 169 Å². The third kappa shape index (κ3) is 3.41. The van der Waals surface area contributed by atoms with Crippen LogP contribution in [0.25, 0.3) is 0 Å². The summed E-state index contributed by atoms with van der Waals surface area (Å²) in [4.78, 5) is 40.7. The van der Waals surface area contributed by atoms with Crippen molar-refractivity contribution in [2.75, 3.05) is 25.4 Å². The van der Waals surface area contributed by atoms with Crippen molar-refractivity contribution >= 4 is 29.5 Å². The first-order valence-electron chi connectivity index (χ1n) is 9.97. The van der Waals surface area contributed by atoms with E-state index in [9.17, 15) is 14.4 Å². The molecule has 0 spiro atoms. The van der Waals surface area contributed by atoms with Gasteiger partial charge in [0.05, 0.1) is 0 Å². The molecule has 4 rings (SSSR count). The van der Waals surface area contributed by atoms with Gasteiger partial charge >= 0.3 is 5.97 Å². The van der Waals surface area contributed by atoms with Gasteiger partial charge in [0.1, 0.15) is 10.9 Å². The molecule has 0 aliphatic carbocycles. The molecule has 3 aliphatic rings. The number of hydrogen-bond acceptors (Lipinski definition) is 5. The molecule has 0 N–H and O–H groups in total. The van der Waals surface area contributed by atoms with Crippen LogP contribution in [0.2, 0.25) is 0 Å². The standard InChI is InChI=1S/C21H26N2O4S/c1-15-6-5-11-22(12-15)19(25)13-27-20(26)17-14-28-21(10-9-18(24)23(17)21)16-7-3-2-4-8-16/h2-4,7-8,15,17H,5-6,9-14H2,1H3/t15-,17+,21+/m0/s1. The molecule has 1 aromatic rings. The summed E-state index contributed by atoms with van der Waals surface area (Å²) in [5.41, 5.74) is 1.04. The molecule has 0 unspecified atom stereocenters. The number of likely N-dealkylation sites (tertiary alicyclic amines) is 1. The summed E-state index contributed by atoms with van der Waals surface area (Å²) in [6.07, 6.45) is 3.23. The summed E-state index contributed by atoms with van der Waals surface area (Å²) in [5, 5.41) is 0. The molecule has 0 radical (unpaired) electrons. The summed E-state index contributed by atoms with van der Waals surface area (Å²) < 4.78 is 5.38. The topological polar surface area (TPSA) is 66.9 Å². The lowest BCUT2D eigenvalue weighted by atomic mass is 10.0. The van der Waals surface area contributed by atoms with Crippen LogP contribution in [-0.4, -0.2) is 59.1 Å². The van der Waals surface area contributed by atoms with Crippen LogP contribution in [-0.2, 0) is 24.0 Å². The molecule has 1 aromatic carbocycles. The maximum atomic E-state index is 12.8. The Kier molecular flexibility index (Phi) is 5.36. The Balaban J connectivity index is 1.42. The lowest BCUT2D eigenvalue weighted by Crippen LogP contribution is -2.47. The van der Waals surface area contributed by atoms with E-state index in [4.69, 9.17) is 4.74 Å². The fraction of sp³-hybridized carbons (Fsp3) is 0.571. The van der Waals surface area contributed by atoms with Crippen LogP contribution >= 0.6 is 11.8 Å². The van der Waals surface area contributed by atoms with Gasteiger partial charge in [-0.3, -0.25) is 9.59 Å². The molecular formula is C21H26N2O4S. The zero-order chi connectivity index (χ0) is 19.7. The first-order valence-corrected chi connectivity index (χ1v) is 11.0. The summed E-state index contributed by atoms with van der Waals surface area (Å²) in [5.74, 6) is 0.334. The van der Waals surface area contributed by atoms with Gasteiger partial charge in [-0.15, -0.1) is 11.8 Å². The van der Waals surface area contributed by atoms with Gasteiger partial charge in [0.2, 0.25) is 5.91 Å². The van der Waals surface area contributed by atoms with Crippen LogP contribution in [0.4, 0.5) is 0 Å². The Morgan fingerprint density at radius 3 is 2.82 bits per heavy atom. The van der Waals surface area contributed by atoms with Crippen molar-refractivity contribution in [3.63, 3.8) is 0 Å². The molecule has 0 aromatic heterocycles. The number of ether oxygens (including phenoxy) is 1. The second-order valence-electron chi connectivity index (χ2n) is 7.94. The van der Waals surface area contributed by atoms with Gasteiger partial charge in [-0.2, -0.15) is 0 Å². The van der Waals surface area contributed by atoms with E-state index in [1.54, 1.807) is 21.6 Å². The number of carbonyl (C=O) groups is 3. The number of nitrogens with zero attached hydrogens (tertiary/aromatic N) is 2. The van der Waals surface area contributed by atoms with Gasteiger partial charge in [0.25, 0.3) is 5.91 Å². The monoisotopic (exact) mass is 402 g/mol. The number of esters is 1. The molecule has 3 atom stereocenters. The van der Waals surface area contributed by atoms with E-state index < -0.39 is 16.9 Å². The fourth-order valence-corrected chi connectivity index (χ4v) is 6.19. The number of carbonyl (C=O) groups excluding carboxylic acids is 3. The van der Waals surface area contributed by atoms with E-state index in [0.29, 0.717) is 24.5 Å². The largest absolute Gasteiger partial charge is 0.454 e. The van der Waals surface area contributed by atoms with E-state index in [-0.39, 0.29) is 18.4 Å². The highest BCUT2D eigenvalue weighted by atomic mass is 32.2. The number of piperidine rings is 1. The minimum atomic E-state index is -0.631. The first kappa shape index (κ1) is 19.3. The van der Waals surface area contributed by atoms with E-state index in [1.807, 2.05) is 30.3 Å². The van der Waals surface area contributed by atoms with Crippen LogP contribution in [0.1, 0.15) is 38.2 Å². The van der Waals surface area contributed by atoms with Crippen molar-refractivity contribution in [1.29, 1.82) is 0 Å². The van der Waals surface area contributed by atoms with Gasteiger partial charge < -0.3 is 14.5 Å². The zero-order valence-electron chi connectivity index (χ0n) is 16.1. The van der Waals surface area contributed by atoms with Crippen molar-refractivity contribution in [3.8, 4) is 0 Å². The highest BCUT2D eigenvalue weighted by Crippen LogP contribution is 2.54. The number of benzene rings is 1. The molecule has 2 amide bonds. The van der Waals surface area contributed by atoms with Gasteiger partial charge in [-0.1, -0.05) is 37.3 Å². The number of rotatable bonds is 4. The van der Waals surface area contributed by atoms with E-state index in [1.165, 1.54) is 0 Å². The lowest BCUT2D eigenvalue weighted by Gasteiger charge is -2.34. The molecule has 7 heteroatoms. The second kappa shape index (κ2) is 7.78. The van der Waals surface area contributed by atoms with Crippen molar-refractivity contribution in [2.45, 2.75) is 43.5 Å². The summed E-state index contributed by atoms with van der Waals surface area (Å²) in [6, 6.07) is 9.24. The predicted molar refractivity (Wildman–Crippen MR) is 106 cm³/mol. The van der Waals surface area contributed by atoms with Crippen molar-refractivity contribution in [2.24, 2.45) is 5.92 Å². The predicted octanol–water partition coefficient (Wildman–Crippen LogP) is 2.38. The third-order valence-corrected chi connectivity index (χ3v) is 7.57. The smallest absolute Gasteiger partial charge is 0.330 e. The Bertz CT molecular complexity index is 771. The first-order chi connectivity index (χ1) is 13.5. The normalized spacial score (nSPS) is 29.7. The molecule has 3 aliphatic heterocycles. The minimum absolute atomic E-state index is 0.0213. The number of thioether (sulfide) groups is 1. The van der Waals surface area contributed by atoms with Crippen LogP contribution in [0.15, 0.2) is 30.3 Å².